The van der Waals surface area contributed by atoms with Crippen molar-refractivity contribution >= 4 is 55.3 Å². The Hall–Kier alpha value is -9.24. The second-order valence-electron chi connectivity index (χ2n) is 20.1. The van der Waals surface area contributed by atoms with Crippen LogP contribution in [0.3, 0.4) is 0 Å². The molecule has 0 aliphatic heterocycles. The second-order valence-corrected chi connectivity index (χ2v) is 20.1. The fourth-order valence-electron chi connectivity index (χ4n) is 11.8. The average molecular weight is 931 g/mol. The van der Waals surface area contributed by atoms with Gasteiger partial charge < -0.3 is 9.13 Å². The minimum absolute atomic E-state index is 0.164. The van der Waals surface area contributed by atoms with Gasteiger partial charge in [0.15, 0.2) is 0 Å². The Bertz CT molecular complexity index is 4280. The standard InChI is InChI=1S/C71H50N2/c1-71(2)65-45-54(34-38-58(65)59-39-35-55(46-66(59)71)53-37-41-70-64(44-53)61-23-13-15-25-68(61)73(70)57-20-10-5-11-21-57)48-28-26-47(27-29-48)42-62(50-16-6-3-7-17-50)51-32-30-49(31-33-51)52-36-40-69-63(43-52)60-22-12-14-24-67(60)72(69)56-18-8-4-9-19-56/h3-46H,1-2H3. The van der Waals surface area contributed by atoms with Crippen molar-refractivity contribution in [2.75, 3.05) is 0 Å². The van der Waals surface area contributed by atoms with E-state index in [1.165, 1.54) is 127 Å². The van der Waals surface area contributed by atoms with Gasteiger partial charge in [-0.05, 0) is 157 Å². The third kappa shape index (κ3) is 7.09. The van der Waals surface area contributed by atoms with Crippen LogP contribution in [-0.2, 0) is 5.41 Å². The topological polar surface area (TPSA) is 9.86 Å². The van der Waals surface area contributed by atoms with Gasteiger partial charge in [0.05, 0.1) is 22.1 Å². The molecule has 0 spiro atoms. The molecule has 0 bridgehead atoms. The van der Waals surface area contributed by atoms with Gasteiger partial charge in [-0.25, -0.2) is 0 Å². The zero-order valence-corrected chi connectivity index (χ0v) is 40.8. The molecule has 2 heterocycles. The van der Waals surface area contributed by atoms with Crippen molar-refractivity contribution in [2.24, 2.45) is 0 Å². The van der Waals surface area contributed by atoms with Crippen molar-refractivity contribution < 1.29 is 0 Å². The summed E-state index contributed by atoms with van der Waals surface area (Å²) in [6.07, 6.45) is 2.33. The molecular formula is C71H50N2. The molecule has 14 rings (SSSR count). The summed E-state index contributed by atoms with van der Waals surface area (Å²) >= 11 is 0. The first kappa shape index (κ1) is 42.6. The van der Waals surface area contributed by atoms with Crippen molar-refractivity contribution in [3.8, 4) is 55.9 Å². The maximum Gasteiger partial charge on any atom is 0.0541 e. The molecule has 1 aliphatic carbocycles. The summed E-state index contributed by atoms with van der Waals surface area (Å²) in [4.78, 5) is 0. The number of para-hydroxylation sites is 4. The third-order valence-corrected chi connectivity index (χ3v) is 15.6. The molecule has 73 heavy (non-hydrogen) atoms. The molecule has 2 aromatic heterocycles. The first-order chi connectivity index (χ1) is 35.9. The minimum atomic E-state index is -0.164. The van der Waals surface area contributed by atoms with Crippen LogP contribution in [0.1, 0.15) is 41.7 Å². The van der Waals surface area contributed by atoms with E-state index in [-0.39, 0.29) is 5.41 Å². The molecule has 11 aromatic carbocycles. The van der Waals surface area contributed by atoms with Crippen LogP contribution in [0.15, 0.2) is 261 Å². The number of hydrogen-bond donors (Lipinski definition) is 0. The Labute approximate surface area is 426 Å². The van der Waals surface area contributed by atoms with Gasteiger partial charge in [0.25, 0.3) is 0 Å². The number of benzene rings is 11. The molecule has 0 unspecified atom stereocenters. The number of hydrogen-bond acceptors (Lipinski definition) is 0. The average Bonchev–Trinajstić information content (AvgIpc) is 4.05. The zero-order chi connectivity index (χ0) is 48.6. The fourth-order valence-corrected chi connectivity index (χ4v) is 11.8. The van der Waals surface area contributed by atoms with Crippen LogP contribution in [0.4, 0.5) is 0 Å². The summed E-state index contributed by atoms with van der Waals surface area (Å²) in [6.45, 7) is 4.77. The lowest BCUT2D eigenvalue weighted by Crippen LogP contribution is -2.15. The van der Waals surface area contributed by atoms with Crippen LogP contribution in [0.25, 0.3) is 111 Å². The summed E-state index contributed by atoms with van der Waals surface area (Å²) < 4.78 is 4.76. The predicted octanol–water partition coefficient (Wildman–Crippen LogP) is 18.8. The van der Waals surface area contributed by atoms with Gasteiger partial charge >= 0.3 is 0 Å². The highest BCUT2D eigenvalue weighted by Crippen LogP contribution is 2.51. The van der Waals surface area contributed by atoms with Crippen LogP contribution in [0, 0.1) is 0 Å². The molecule has 0 saturated carbocycles. The molecule has 1 aliphatic rings. The number of rotatable bonds is 8. The minimum Gasteiger partial charge on any atom is -0.309 e. The van der Waals surface area contributed by atoms with Crippen molar-refractivity contribution in [3.63, 3.8) is 0 Å². The first-order valence-electron chi connectivity index (χ1n) is 25.4. The van der Waals surface area contributed by atoms with Crippen molar-refractivity contribution in [2.45, 2.75) is 19.3 Å². The fraction of sp³-hybridized carbons (Fsp3) is 0.0423. The Morgan fingerprint density at radius 1 is 0.315 bits per heavy atom. The number of nitrogens with zero attached hydrogens (tertiary/aromatic N) is 2. The first-order valence-corrected chi connectivity index (χ1v) is 25.4. The van der Waals surface area contributed by atoms with E-state index >= 15 is 0 Å². The molecule has 0 saturated heterocycles. The highest BCUT2D eigenvalue weighted by Gasteiger charge is 2.36. The summed E-state index contributed by atoms with van der Waals surface area (Å²) in [5, 5.41) is 5.05. The maximum atomic E-state index is 2.44. The quantitative estimate of drug-likeness (QED) is 0.134. The van der Waals surface area contributed by atoms with Gasteiger partial charge in [0.1, 0.15) is 0 Å². The molecule has 0 radical (unpaired) electrons. The number of fused-ring (bicyclic) bond motifs is 9. The Balaban J connectivity index is 0.753. The molecule has 13 aromatic rings. The van der Waals surface area contributed by atoms with E-state index in [0.717, 1.165) is 5.56 Å². The van der Waals surface area contributed by atoms with Crippen LogP contribution in [-0.4, -0.2) is 9.13 Å². The Morgan fingerprint density at radius 2 is 0.685 bits per heavy atom. The number of aromatic nitrogens is 2. The lowest BCUT2D eigenvalue weighted by atomic mass is 9.81. The summed E-state index contributed by atoms with van der Waals surface area (Å²) in [7, 11) is 0. The maximum absolute atomic E-state index is 2.44. The molecule has 0 amide bonds. The summed E-state index contributed by atoms with van der Waals surface area (Å²) in [6, 6.07) is 95.8. The van der Waals surface area contributed by atoms with Crippen LogP contribution in [0.5, 0.6) is 0 Å². The molecular weight excluding hydrogens is 881 g/mol. The lowest BCUT2D eigenvalue weighted by Gasteiger charge is -2.22. The predicted molar refractivity (Wildman–Crippen MR) is 309 cm³/mol. The second kappa shape index (κ2) is 17.0. The third-order valence-electron chi connectivity index (χ3n) is 15.6. The van der Waals surface area contributed by atoms with Gasteiger partial charge in [0, 0.05) is 38.3 Å². The van der Waals surface area contributed by atoms with E-state index in [9.17, 15) is 0 Å². The highest BCUT2D eigenvalue weighted by atomic mass is 15.0. The van der Waals surface area contributed by atoms with Crippen molar-refractivity contribution in [1.29, 1.82) is 0 Å². The molecule has 2 nitrogen and oxygen atoms in total. The molecule has 344 valence electrons. The Morgan fingerprint density at radius 3 is 1.21 bits per heavy atom. The highest BCUT2D eigenvalue weighted by molar-refractivity contribution is 6.12. The largest absolute Gasteiger partial charge is 0.309 e. The van der Waals surface area contributed by atoms with Gasteiger partial charge in [0.2, 0.25) is 0 Å². The van der Waals surface area contributed by atoms with Gasteiger partial charge in [-0.2, -0.15) is 0 Å². The molecule has 0 fully saturated rings. The van der Waals surface area contributed by atoms with E-state index in [0.29, 0.717) is 0 Å². The SMILES string of the molecule is CC1(C)c2cc(-c3ccc(C=C(c4ccccc4)c4ccc(-c5ccc6c(c5)c5ccccc5n6-c5ccccc5)cc4)cc3)ccc2-c2ccc(-c3ccc4c(c3)c3ccccc3n4-c3ccccc3)cc21. The molecule has 2 heteroatoms. The van der Waals surface area contributed by atoms with E-state index < -0.39 is 0 Å². The summed E-state index contributed by atoms with van der Waals surface area (Å²) in [5.41, 5.74) is 24.5. The van der Waals surface area contributed by atoms with Crippen LogP contribution < -0.4 is 0 Å². The van der Waals surface area contributed by atoms with E-state index in [1.54, 1.807) is 0 Å². The van der Waals surface area contributed by atoms with Crippen LogP contribution in [0.2, 0.25) is 0 Å². The van der Waals surface area contributed by atoms with Crippen molar-refractivity contribution in [1.82, 2.24) is 9.13 Å². The normalized spacial score (nSPS) is 13.0. The lowest BCUT2D eigenvalue weighted by molar-refractivity contribution is 0.661. The Kier molecular flexibility index (Phi) is 9.91. The van der Waals surface area contributed by atoms with E-state index in [1.807, 2.05) is 0 Å². The summed E-state index contributed by atoms with van der Waals surface area (Å²) in [5.74, 6) is 0. The monoisotopic (exact) mass is 930 g/mol. The van der Waals surface area contributed by atoms with Gasteiger partial charge in [-0.15, -0.1) is 0 Å². The van der Waals surface area contributed by atoms with Crippen molar-refractivity contribution in [3.05, 3.63) is 289 Å². The van der Waals surface area contributed by atoms with E-state index in [4.69, 9.17) is 0 Å². The smallest absolute Gasteiger partial charge is 0.0541 e. The molecule has 0 N–H and O–H groups in total. The molecule has 0 atom stereocenters. The zero-order valence-electron chi connectivity index (χ0n) is 40.8. The van der Waals surface area contributed by atoms with E-state index in [2.05, 4.69) is 290 Å². The van der Waals surface area contributed by atoms with Gasteiger partial charge in [-0.3, -0.25) is 0 Å². The van der Waals surface area contributed by atoms with Gasteiger partial charge in [-0.1, -0.05) is 202 Å². The van der Waals surface area contributed by atoms with Crippen LogP contribution >= 0.6 is 0 Å².